The summed E-state index contributed by atoms with van der Waals surface area (Å²) in [4.78, 5) is 11.5. The van der Waals surface area contributed by atoms with E-state index in [4.69, 9.17) is 4.99 Å². The van der Waals surface area contributed by atoms with Crippen molar-refractivity contribution in [3.05, 3.63) is 179 Å². The van der Waals surface area contributed by atoms with Crippen molar-refractivity contribution in [1.29, 1.82) is 0 Å². The van der Waals surface area contributed by atoms with Gasteiger partial charge in [-0.05, 0) is 80.7 Å². The van der Waals surface area contributed by atoms with Gasteiger partial charge in [-0.2, -0.15) is 0 Å². The lowest BCUT2D eigenvalue weighted by Gasteiger charge is -2.34. The Morgan fingerprint density at radius 2 is 1.43 bits per heavy atom. The van der Waals surface area contributed by atoms with Gasteiger partial charge in [0.05, 0.1) is 5.71 Å². The highest BCUT2D eigenvalue weighted by atomic mass is 15.2. The monoisotopic (exact) mass is 567 g/mol. The number of aliphatic imine (C=N–C) groups is 2. The molecule has 0 fully saturated rings. The summed E-state index contributed by atoms with van der Waals surface area (Å²) in [5.74, 6) is 0. The van der Waals surface area contributed by atoms with E-state index in [9.17, 15) is 0 Å². The van der Waals surface area contributed by atoms with Crippen LogP contribution in [0.3, 0.4) is 0 Å². The predicted molar refractivity (Wildman–Crippen MR) is 187 cm³/mol. The van der Waals surface area contributed by atoms with E-state index in [0.717, 1.165) is 34.5 Å². The van der Waals surface area contributed by atoms with Crippen molar-refractivity contribution < 1.29 is 0 Å². The summed E-state index contributed by atoms with van der Waals surface area (Å²) >= 11 is 0. The summed E-state index contributed by atoms with van der Waals surface area (Å²) in [6.45, 7) is 3.57. The second kappa shape index (κ2) is 12.0. The lowest BCUT2D eigenvalue weighted by molar-refractivity contribution is 0.364. The first-order valence-corrected chi connectivity index (χ1v) is 15.0. The Hall–Kier alpha value is -5.54. The van der Waals surface area contributed by atoms with E-state index in [1.807, 2.05) is 6.08 Å². The molecule has 1 aliphatic rings. The van der Waals surface area contributed by atoms with Crippen LogP contribution < -0.4 is 0 Å². The molecule has 6 aromatic carbocycles. The summed E-state index contributed by atoms with van der Waals surface area (Å²) in [6, 6.07) is 47.6. The van der Waals surface area contributed by atoms with Gasteiger partial charge in [-0.1, -0.05) is 127 Å². The lowest BCUT2D eigenvalue weighted by Crippen LogP contribution is -2.27. The number of rotatable bonds is 7. The Bertz CT molecular complexity index is 2070. The van der Waals surface area contributed by atoms with Crippen molar-refractivity contribution >= 4 is 45.7 Å². The van der Waals surface area contributed by atoms with E-state index in [-0.39, 0.29) is 6.17 Å². The van der Waals surface area contributed by atoms with Gasteiger partial charge >= 0.3 is 0 Å². The van der Waals surface area contributed by atoms with Gasteiger partial charge in [-0.15, -0.1) is 0 Å². The highest BCUT2D eigenvalue weighted by Crippen LogP contribution is 2.39. The minimum atomic E-state index is -0.168. The zero-order valence-electron chi connectivity index (χ0n) is 24.8. The molecule has 1 atom stereocenters. The van der Waals surface area contributed by atoms with Gasteiger partial charge in [-0.25, -0.2) is 0 Å². The first kappa shape index (κ1) is 27.3. The van der Waals surface area contributed by atoms with E-state index in [0.29, 0.717) is 0 Å². The smallest absolute Gasteiger partial charge is 0.147 e. The number of nitrogens with zero attached hydrogens (tertiary/aromatic N) is 3. The Morgan fingerprint density at radius 1 is 0.750 bits per heavy atom. The van der Waals surface area contributed by atoms with Gasteiger partial charge in [-0.3, -0.25) is 9.98 Å². The molecule has 0 aliphatic carbocycles. The Balaban J connectivity index is 1.30. The van der Waals surface area contributed by atoms with Crippen LogP contribution in [0.2, 0.25) is 0 Å². The SMILES string of the molecule is C=NC=Cc1ccccc1Cc1ccc(C2N=C(c3ccccc3)C=C(c3cc4ccccc4c4ccccc34)N2C)cc1. The predicted octanol–water partition coefficient (Wildman–Crippen LogP) is 9.73. The summed E-state index contributed by atoms with van der Waals surface area (Å²) in [6.07, 6.45) is 6.67. The molecule has 0 saturated heterocycles. The third-order valence-electron chi connectivity index (χ3n) is 8.48. The maximum atomic E-state index is 5.32. The van der Waals surface area contributed by atoms with Crippen LogP contribution in [0.1, 0.15) is 39.5 Å². The summed E-state index contributed by atoms with van der Waals surface area (Å²) in [7, 11) is 2.16. The molecule has 1 unspecified atom stereocenters. The van der Waals surface area contributed by atoms with Crippen molar-refractivity contribution in [2.75, 3.05) is 7.05 Å². The van der Waals surface area contributed by atoms with Crippen LogP contribution in [0.15, 0.2) is 156 Å². The van der Waals surface area contributed by atoms with Crippen LogP contribution in [0, 0.1) is 0 Å². The average Bonchev–Trinajstić information content (AvgIpc) is 3.08. The van der Waals surface area contributed by atoms with Crippen LogP contribution in [-0.4, -0.2) is 24.4 Å². The number of hydrogen-bond donors (Lipinski definition) is 0. The second-order valence-electron chi connectivity index (χ2n) is 11.2. The molecule has 0 N–H and O–H groups in total. The third-order valence-corrected chi connectivity index (χ3v) is 8.48. The van der Waals surface area contributed by atoms with Crippen molar-refractivity contribution in [2.24, 2.45) is 9.98 Å². The molecule has 0 amide bonds. The van der Waals surface area contributed by atoms with Crippen LogP contribution in [0.4, 0.5) is 0 Å². The normalized spacial score (nSPS) is 15.0. The quantitative estimate of drug-likeness (QED) is 0.139. The van der Waals surface area contributed by atoms with E-state index < -0.39 is 0 Å². The molecule has 1 heterocycles. The average molecular weight is 568 g/mol. The van der Waals surface area contributed by atoms with E-state index in [2.05, 4.69) is 163 Å². The third kappa shape index (κ3) is 5.25. The molecule has 7 rings (SSSR count). The first-order valence-electron chi connectivity index (χ1n) is 15.0. The van der Waals surface area contributed by atoms with Gasteiger partial charge < -0.3 is 4.90 Å². The first-order chi connectivity index (χ1) is 21.7. The molecular weight excluding hydrogens is 534 g/mol. The molecule has 3 heteroatoms. The number of allylic oxidation sites excluding steroid dienone is 1. The summed E-state index contributed by atoms with van der Waals surface area (Å²) in [5, 5.41) is 5.01. The fourth-order valence-electron chi connectivity index (χ4n) is 6.24. The highest BCUT2D eigenvalue weighted by molar-refractivity contribution is 6.16. The molecule has 1 aliphatic heterocycles. The van der Waals surface area contributed by atoms with Crippen LogP contribution in [0.5, 0.6) is 0 Å². The second-order valence-corrected chi connectivity index (χ2v) is 11.2. The number of benzene rings is 6. The molecule has 212 valence electrons. The molecule has 0 saturated carbocycles. The van der Waals surface area contributed by atoms with Crippen molar-refractivity contribution in [3.8, 4) is 0 Å². The molecule has 0 aromatic heterocycles. The topological polar surface area (TPSA) is 28.0 Å². The van der Waals surface area contributed by atoms with E-state index in [1.54, 1.807) is 6.20 Å². The van der Waals surface area contributed by atoms with E-state index in [1.165, 1.54) is 38.2 Å². The van der Waals surface area contributed by atoms with Gasteiger partial charge in [0.25, 0.3) is 0 Å². The van der Waals surface area contributed by atoms with Crippen LogP contribution >= 0.6 is 0 Å². The minimum Gasteiger partial charge on any atom is -0.349 e. The zero-order valence-corrected chi connectivity index (χ0v) is 24.8. The minimum absolute atomic E-state index is 0.168. The van der Waals surface area contributed by atoms with Crippen molar-refractivity contribution in [2.45, 2.75) is 12.6 Å². The molecule has 0 bridgehead atoms. The van der Waals surface area contributed by atoms with E-state index >= 15 is 0 Å². The standard InChI is InChI=1S/C41H33N3/c1-42-25-24-30-12-6-7-15-33(30)26-29-20-22-32(23-21-29)41-43-39(31-13-4-3-5-14-31)28-40(44(41)2)38-27-34-16-8-9-17-35(34)36-18-10-11-19-37(36)38/h3-25,27-28,41H,1,26H2,2H3. The highest BCUT2D eigenvalue weighted by Gasteiger charge is 2.26. The Morgan fingerprint density at radius 3 is 2.23 bits per heavy atom. The maximum absolute atomic E-state index is 5.32. The van der Waals surface area contributed by atoms with Crippen LogP contribution in [-0.2, 0) is 6.42 Å². The van der Waals surface area contributed by atoms with Crippen molar-refractivity contribution in [1.82, 2.24) is 4.90 Å². The molecule has 6 aromatic rings. The molecule has 0 radical (unpaired) electrons. The summed E-state index contributed by atoms with van der Waals surface area (Å²) < 4.78 is 0. The molecule has 0 spiro atoms. The largest absolute Gasteiger partial charge is 0.349 e. The van der Waals surface area contributed by atoms with Gasteiger partial charge in [0.2, 0.25) is 0 Å². The maximum Gasteiger partial charge on any atom is 0.147 e. The fourth-order valence-corrected chi connectivity index (χ4v) is 6.24. The van der Waals surface area contributed by atoms with Gasteiger partial charge in [0.15, 0.2) is 0 Å². The van der Waals surface area contributed by atoms with Gasteiger partial charge in [0.1, 0.15) is 6.17 Å². The molecule has 44 heavy (non-hydrogen) atoms. The van der Waals surface area contributed by atoms with Crippen LogP contribution in [0.25, 0.3) is 33.3 Å². The molecule has 3 nitrogen and oxygen atoms in total. The summed E-state index contributed by atoms with van der Waals surface area (Å²) in [5.41, 5.74) is 9.30. The van der Waals surface area contributed by atoms with Crippen molar-refractivity contribution in [3.63, 3.8) is 0 Å². The zero-order chi connectivity index (χ0) is 29.9. The Kier molecular flexibility index (Phi) is 7.44. The van der Waals surface area contributed by atoms with Gasteiger partial charge in [0, 0.05) is 24.5 Å². The number of fused-ring (bicyclic) bond motifs is 3. The fraction of sp³-hybridized carbons (Fsp3) is 0.0732. The Labute approximate surface area is 258 Å². The molecular formula is C41H33N3. The number of hydrogen-bond acceptors (Lipinski definition) is 3. The lowest BCUT2D eigenvalue weighted by atomic mass is 9.93.